The maximum atomic E-state index is 13.8. The van der Waals surface area contributed by atoms with Crippen molar-refractivity contribution >= 4 is 11.8 Å². The van der Waals surface area contributed by atoms with Crippen LogP contribution in [-0.2, 0) is 16.0 Å². The molecule has 3 rings (SSSR count). The van der Waals surface area contributed by atoms with Gasteiger partial charge in [0.25, 0.3) is 0 Å². The number of amides is 2. The summed E-state index contributed by atoms with van der Waals surface area (Å²) in [5, 5.41) is 6.27. The van der Waals surface area contributed by atoms with Crippen molar-refractivity contribution in [2.24, 2.45) is 11.8 Å². The molecule has 0 aliphatic carbocycles. The van der Waals surface area contributed by atoms with Crippen molar-refractivity contribution in [1.29, 1.82) is 0 Å². The lowest BCUT2D eigenvalue weighted by molar-refractivity contribution is -0.137. The molecule has 0 aromatic heterocycles. The Hall–Kier alpha value is -1.95. The quantitative estimate of drug-likeness (QED) is 0.753. The summed E-state index contributed by atoms with van der Waals surface area (Å²) < 4.78 is 13.8. The van der Waals surface area contributed by atoms with Gasteiger partial charge in [0.1, 0.15) is 5.82 Å². The summed E-state index contributed by atoms with van der Waals surface area (Å²) in [6.07, 6.45) is 5.17. The van der Waals surface area contributed by atoms with Crippen LogP contribution in [0, 0.1) is 17.7 Å². The summed E-state index contributed by atoms with van der Waals surface area (Å²) in [5.74, 6) is 0.203. The zero-order valence-electron chi connectivity index (χ0n) is 16.8. The fourth-order valence-corrected chi connectivity index (χ4v) is 4.22. The van der Waals surface area contributed by atoms with Gasteiger partial charge in [-0.3, -0.25) is 9.59 Å². The summed E-state index contributed by atoms with van der Waals surface area (Å²) in [6, 6.07) is 6.70. The van der Waals surface area contributed by atoms with E-state index in [9.17, 15) is 14.0 Å². The SMILES string of the molecule is CC(CCc1ccccc1F)C(=O)N1CCCC(CNC(=O)C2CCCN2)C1. The third-order valence-electron chi connectivity index (χ3n) is 6.00. The highest BCUT2D eigenvalue weighted by Crippen LogP contribution is 2.20. The van der Waals surface area contributed by atoms with Crippen molar-refractivity contribution in [3.8, 4) is 0 Å². The molecule has 1 aromatic carbocycles. The van der Waals surface area contributed by atoms with E-state index in [1.54, 1.807) is 12.1 Å². The van der Waals surface area contributed by atoms with E-state index < -0.39 is 0 Å². The van der Waals surface area contributed by atoms with Crippen LogP contribution in [0.2, 0.25) is 0 Å². The number of nitrogens with zero attached hydrogens (tertiary/aromatic N) is 1. The molecule has 2 N–H and O–H groups in total. The number of likely N-dealkylation sites (tertiary alicyclic amines) is 1. The van der Waals surface area contributed by atoms with Gasteiger partial charge in [-0.15, -0.1) is 0 Å². The standard InChI is InChI=1S/C22H32FN3O2/c1-16(10-11-18-7-2-3-8-19(18)23)22(28)26-13-5-6-17(15-26)14-25-21(27)20-9-4-12-24-20/h2-3,7-8,16-17,20,24H,4-6,9-15H2,1H3,(H,25,27). The fraction of sp³-hybridized carbons (Fsp3) is 0.636. The maximum Gasteiger partial charge on any atom is 0.237 e. The van der Waals surface area contributed by atoms with Gasteiger partial charge in [0, 0.05) is 25.6 Å². The number of hydrogen-bond acceptors (Lipinski definition) is 3. The van der Waals surface area contributed by atoms with Gasteiger partial charge in [-0.05, 0) is 62.6 Å². The number of benzene rings is 1. The van der Waals surface area contributed by atoms with Gasteiger partial charge < -0.3 is 15.5 Å². The van der Waals surface area contributed by atoms with Crippen LogP contribution in [0.15, 0.2) is 24.3 Å². The minimum absolute atomic E-state index is 0.0558. The molecule has 2 fully saturated rings. The first-order valence-corrected chi connectivity index (χ1v) is 10.6. The molecule has 3 atom stereocenters. The lowest BCUT2D eigenvalue weighted by Crippen LogP contribution is -2.47. The molecule has 0 bridgehead atoms. The van der Waals surface area contributed by atoms with Crippen molar-refractivity contribution in [3.63, 3.8) is 0 Å². The molecule has 3 unspecified atom stereocenters. The van der Waals surface area contributed by atoms with E-state index >= 15 is 0 Å². The van der Waals surface area contributed by atoms with Gasteiger partial charge in [0.05, 0.1) is 6.04 Å². The Morgan fingerprint density at radius 1 is 1.29 bits per heavy atom. The van der Waals surface area contributed by atoms with Gasteiger partial charge >= 0.3 is 0 Å². The molecule has 0 saturated carbocycles. The molecule has 6 heteroatoms. The van der Waals surface area contributed by atoms with Gasteiger partial charge in [-0.2, -0.15) is 0 Å². The van der Waals surface area contributed by atoms with E-state index in [0.717, 1.165) is 38.8 Å². The van der Waals surface area contributed by atoms with Gasteiger partial charge in [0.15, 0.2) is 0 Å². The first kappa shape index (κ1) is 20.8. The first-order valence-electron chi connectivity index (χ1n) is 10.6. The third kappa shape index (κ3) is 5.53. The van der Waals surface area contributed by atoms with Crippen LogP contribution in [0.5, 0.6) is 0 Å². The van der Waals surface area contributed by atoms with Crippen LogP contribution >= 0.6 is 0 Å². The van der Waals surface area contributed by atoms with Crippen molar-refractivity contribution in [3.05, 3.63) is 35.6 Å². The van der Waals surface area contributed by atoms with E-state index in [2.05, 4.69) is 10.6 Å². The number of piperidine rings is 1. The van der Waals surface area contributed by atoms with Crippen LogP contribution in [0.3, 0.4) is 0 Å². The van der Waals surface area contributed by atoms with Gasteiger partial charge in [0.2, 0.25) is 11.8 Å². The fourth-order valence-electron chi connectivity index (χ4n) is 4.22. The molecule has 0 spiro atoms. The molecule has 2 aliphatic heterocycles. The second-order valence-electron chi connectivity index (χ2n) is 8.22. The minimum Gasteiger partial charge on any atom is -0.354 e. The second-order valence-corrected chi connectivity index (χ2v) is 8.22. The summed E-state index contributed by atoms with van der Waals surface area (Å²) in [5.41, 5.74) is 0.668. The molecule has 2 amide bonds. The van der Waals surface area contributed by atoms with E-state index in [0.29, 0.717) is 37.4 Å². The van der Waals surface area contributed by atoms with E-state index in [1.165, 1.54) is 6.07 Å². The molecule has 2 aliphatic rings. The number of carbonyl (C=O) groups excluding carboxylic acids is 2. The van der Waals surface area contributed by atoms with Crippen LogP contribution in [0.1, 0.15) is 44.6 Å². The highest BCUT2D eigenvalue weighted by Gasteiger charge is 2.28. The Morgan fingerprint density at radius 2 is 2.11 bits per heavy atom. The van der Waals surface area contributed by atoms with Crippen molar-refractivity contribution in [2.75, 3.05) is 26.2 Å². The monoisotopic (exact) mass is 389 g/mol. The smallest absolute Gasteiger partial charge is 0.237 e. The molecule has 1 aromatic rings. The Labute approximate surface area is 167 Å². The summed E-state index contributed by atoms with van der Waals surface area (Å²) >= 11 is 0. The summed E-state index contributed by atoms with van der Waals surface area (Å²) in [4.78, 5) is 26.9. The second kappa shape index (κ2) is 10.0. The summed E-state index contributed by atoms with van der Waals surface area (Å²) in [7, 11) is 0. The number of hydrogen-bond donors (Lipinski definition) is 2. The molecular weight excluding hydrogens is 357 g/mol. The molecule has 154 valence electrons. The Kier molecular flexibility index (Phi) is 7.43. The van der Waals surface area contributed by atoms with E-state index in [-0.39, 0.29) is 29.6 Å². The number of carbonyl (C=O) groups is 2. The maximum absolute atomic E-state index is 13.8. The van der Waals surface area contributed by atoms with E-state index in [1.807, 2.05) is 17.9 Å². The molecule has 0 radical (unpaired) electrons. The Bertz CT molecular complexity index is 676. The minimum atomic E-state index is -0.201. The lowest BCUT2D eigenvalue weighted by Gasteiger charge is -2.34. The Morgan fingerprint density at radius 3 is 2.86 bits per heavy atom. The van der Waals surface area contributed by atoms with Crippen LogP contribution in [0.4, 0.5) is 4.39 Å². The highest BCUT2D eigenvalue weighted by atomic mass is 19.1. The highest BCUT2D eigenvalue weighted by molar-refractivity contribution is 5.82. The van der Waals surface area contributed by atoms with Gasteiger partial charge in [-0.1, -0.05) is 25.1 Å². The Balaban J connectivity index is 1.44. The number of nitrogens with one attached hydrogen (secondary N) is 2. The largest absolute Gasteiger partial charge is 0.354 e. The molecule has 28 heavy (non-hydrogen) atoms. The van der Waals surface area contributed by atoms with Crippen LogP contribution in [0.25, 0.3) is 0 Å². The first-order chi connectivity index (χ1) is 13.5. The topological polar surface area (TPSA) is 61.4 Å². The number of aryl methyl sites for hydroxylation is 1. The van der Waals surface area contributed by atoms with Crippen LogP contribution < -0.4 is 10.6 Å². The number of rotatable bonds is 7. The van der Waals surface area contributed by atoms with Crippen molar-refractivity contribution < 1.29 is 14.0 Å². The van der Waals surface area contributed by atoms with E-state index in [4.69, 9.17) is 0 Å². The predicted octanol–water partition coefficient (Wildman–Crippen LogP) is 2.50. The van der Waals surface area contributed by atoms with Gasteiger partial charge in [-0.25, -0.2) is 4.39 Å². The van der Waals surface area contributed by atoms with Crippen molar-refractivity contribution in [2.45, 2.75) is 51.5 Å². The van der Waals surface area contributed by atoms with Crippen molar-refractivity contribution in [1.82, 2.24) is 15.5 Å². The normalized spacial score (nSPS) is 23.4. The molecule has 2 heterocycles. The molecule has 5 nitrogen and oxygen atoms in total. The average Bonchev–Trinajstić information content (AvgIpc) is 3.26. The molecular formula is C22H32FN3O2. The summed E-state index contributed by atoms with van der Waals surface area (Å²) in [6.45, 7) is 4.94. The predicted molar refractivity (Wildman–Crippen MR) is 107 cm³/mol. The average molecular weight is 390 g/mol. The third-order valence-corrected chi connectivity index (χ3v) is 6.00. The lowest BCUT2D eigenvalue weighted by atomic mass is 9.94. The number of halogens is 1. The molecule has 2 saturated heterocycles. The zero-order valence-corrected chi connectivity index (χ0v) is 16.8. The van der Waals surface area contributed by atoms with Crippen LogP contribution in [-0.4, -0.2) is 48.9 Å². The zero-order chi connectivity index (χ0) is 19.9.